The van der Waals surface area contributed by atoms with E-state index in [1.165, 1.54) is 29.5 Å². The van der Waals surface area contributed by atoms with Gasteiger partial charge < -0.3 is 9.64 Å². The SMILES string of the molecule is CC1CN(C(=O)c2ccc(-n3cncn3)c([N+](=O)[O-])c2)C(C)CO1. The predicted octanol–water partition coefficient (Wildman–Crippen LogP) is 1.42. The summed E-state index contributed by atoms with van der Waals surface area (Å²) in [7, 11) is 0. The number of benzene rings is 1. The Balaban J connectivity index is 1.95. The van der Waals surface area contributed by atoms with Crippen LogP contribution in [0.3, 0.4) is 0 Å². The summed E-state index contributed by atoms with van der Waals surface area (Å²) in [4.78, 5) is 29.1. The van der Waals surface area contributed by atoms with Crippen molar-refractivity contribution in [2.75, 3.05) is 13.2 Å². The van der Waals surface area contributed by atoms with Crippen LogP contribution in [0.5, 0.6) is 0 Å². The first kappa shape index (κ1) is 16.1. The Morgan fingerprint density at radius 2 is 2.21 bits per heavy atom. The zero-order valence-electron chi connectivity index (χ0n) is 13.3. The van der Waals surface area contributed by atoms with E-state index < -0.39 is 4.92 Å². The van der Waals surface area contributed by atoms with Gasteiger partial charge in [0.25, 0.3) is 11.6 Å². The highest BCUT2D eigenvalue weighted by molar-refractivity contribution is 5.95. The molecular formula is C15H17N5O4. The van der Waals surface area contributed by atoms with Gasteiger partial charge in [-0.2, -0.15) is 5.10 Å². The number of hydrogen-bond acceptors (Lipinski definition) is 6. The lowest BCUT2D eigenvalue weighted by Crippen LogP contribution is -2.50. The summed E-state index contributed by atoms with van der Waals surface area (Å²) < 4.78 is 6.81. The van der Waals surface area contributed by atoms with Gasteiger partial charge in [-0.25, -0.2) is 9.67 Å². The highest BCUT2D eigenvalue weighted by Gasteiger charge is 2.29. The summed E-state index contributed by atoms with van der Waals surface area (Å²) in [5.74, 6) is -0.245. The van der Waals surface area contributed by atoms with Crippen LogP contribution >= 0.6 is 0 Å². The molecule has 1 fully saturated rings. The average Bonchev–Trinajstić information content (AvgIpc) is 3.10. The van der Waals surface area contributed by atoms with E-state index in [-0.39, 0.29) is 35.0 Å². The fraction of sp³-hybridized carbons (Fsp3) is 0.400. The molecule has 1 aromatic carbocycles. The quantitative estimate of drug-likeness (QED) is 0.622. The summed E-state index contributed by atoms with van der Waals surface area (Å²) in [5, 5.41) is 15.3. The molecule has 9 heteroatoms. The number of nitro groups is 1. The minimum Gasteiger partial charge on any atom is -0.375 e. The van der Waals surface area contributed by atoms with Gasteiger partial charge in [-0.1, -0.05) is 0 Å². The summed E-state index contributed by atoms with van der Waals surface area (Å²) >= 11 is 0. The molecule has 0 N–H and O–H groups in total. The van der Waals surface area contributed by atoms with Crippen LogP contribution in [0.2, 0.25) is 0 Å². The number of nitro benzene ring substituents is 1. The van der Waals surface area contributed by atoms with Crippen LogP contribution in [-0.4, -0.2) is 55.8 Å². The molecule has 0 bridgehead atoms. The van der Waals surface area contributed by atoms with Gasteiger partial charge >= 0.3 is 0 Å². The Labute approximate surface area is 138 Å². The van der Waals surface area contributed by atoms with E-state index in [2.05, 4.69) is 10.1 Å². The van der Waals surface area contributed by atoms with E-state index in [0.717, 1.165) is 0 Å². The molecule has 1 amide bonds. The number of morpholine rings is 1. The molecule has 1 saturated heterocycles. The number of carbonyl (C=O) groups is 1. The van der Waals surface area contributed by atoms with E-state index in [0.29, 0.717) is 13.2 Å². The van der Waals surface area contributed by atoms with Crippen molar-refractivity contribution in [3.63, 3.8) is 0 Å². The fourth-order valence-electron chi connectivity index (χ4n) is 2.68. The maximum absolute atomic E-state index is 12.7. The fourth-order valence-corrected chi connectivity index (χ4v) is 2.68. The summed E-state index contributed by atoms with van der Waals surface area (Å²) in [6.45, 7) is 4.69. The van der Waals surface area contributed by atoms with Gasteiger partial charge in [0, 0.05) is 18.2 Å². The minimum atomic E-state index is -0.529. The smallest absolute Gasteiger partial charge is 0.295 e. The van der Waals surface area contributed by atoms with Gasteiger partial charge in [0.1, 0.15) is 18.3 Å². The van der Waals surface area contributed by atoms with E-state index in [9.17, 15) is 14.9 Å². The van der Waals surface area contributed by atoms with Gasteiger partial charge in [0.05, 0.1) is 23.7 Å². The van der Waals surface area contributed by atoms with Gasteiger partial charge in [-0.05, 0) is 26.0 Å². The Kier molecular flexibility index (Phi) is 4.26. The van der Waals surface area contributed by atoms with Gasteiger partial charge in [-0.15, -0.1) is 0 Å². The Morgan fingerprint density at radius 1 is 1.42 bits per heavy atom. The molecule has 1 aliphatic rings. The molecule has 2 unspecified atom stereocenters. The Morgan fingerprint density at radius 3 is 2.88 bits per heavy atom. The average molecular weight is 331 g/mol. The van der Waals surface area contributed by atoms with E-state index >= 15 is 0 Å². The second-order valence-electron chi connectivity index (χ2n) is 5.75. The number of amides is 1. The van der Waals surface area contributed by atoms with Crippen molar-refractivity contribution >= 4 is 11.6 Å². The van der Waals surface area contributed by atoms with Crippen LogP contribution in [-0.2, 0) is 4.74 Å². The van der Waals surface area contributed by atoms with E-state index in [1.807, 2.05) is 13.8 Å². The van der Waals surface area contributed by atoms with Gasteiger partial charge in [0.2, 0.25) is 0 Å². The first-order valence-electron chi connectivity index (χ1n) is 7.53. The molecule has 0 spiro atoms. The van der Waals surface area contributed by atoms with Crippen molar-refractivity contribution in [1.29, 1.82) is 0 Å². The zero-order chi connectivity index (χ0) is 17.3. The molecule has 126 valence electrons. The van der Waals surface area contributed by atoms with Crippen molar-refractivity contribution in [3.8, 4) is 5.69 Å². The van der Waals surface area contributed by atoms with Crippen molar-refractivity contribution in [2.45, 2.75) is 26.0 Å². The lowest BCUT2D eigenvalue weighted by atomic mass is 10.1. The third-order valence-electron chi connectivity index (χ3n) is 3.95. The van der Waals surface area contributed by atoms with Crippen molar-refractivity contribution < 1.29 is 14.5 Å². The predicted molar refractivity (Wildman–Crippen MR) is 83.9 cm³/mol. The standard InChI is InChI=1S/C15H17N5O4/c1-10-7-24-11(2)6-18(10)15(21)12-3-4-13(14(5-12)20(22)23)19-9-16-8-17-19/h3-5,8-11H,6-7H2,1-2H3. The van der Waals surface area contributed by atoms with E-state index in [1.54, 1.807) is 11.0 Å². The monoisotopic (exact) mass is 331 g/mol. The highest BCUT2D eigenvalue weighted by atomic mass is 16.6. The van der Waals surface area contributed by atoms with Gasteiger partial charge in [-0.3, -0.25) is 14.9 Å². The van der Waals surface area contributed by atoms with Crippen LogP contribution in [0.1, 0.15) is 24.2 Å². The van der Waals surface area contributed by atoms with Crippen molar-refractivity contribution in [1.82, 2.24) is 19.7 Å². The molecule has 2 aromatic rings. The molecule has 0 radical (unpaired) electrons. The second-order valence-corrected chi connectivity index (χ2v) is 5.75. The minimum absolute atomic E-state index is 0.0606. The third kappa shape index (κ3) is 2.98. The molecule has 1 aliphatic heterocycles. The number of aromatic nitrogens is 3. The number of nitrogens with zero attached hydrogens (tertiary/aromatic N) is 5. The Hall–Kier alpha value is -2.81. The maximum atomic E-state index is 12.7. The molecule has 2 atom stereocenters. The first-order chi connectivity index (χ1) is 11.5. The Bertz CT molecular complexity index is 761. The molecule has 2 heterocycles. The summed E-state index contributed by atoms with van der Waals surface area (Å²) in [6, 6.07) is 4.28. The van der Waals surface area contributed by atoms with Crippen LogP contribution in [0, 0.1) is 10.1 Å². The lowest BCUT2D eigenvalue weighted by molar-refractivity contribution is -0.384. The second kappa shape index (κ2) is 6.36. The van der Waals surface area contributed by atoms with Crippen LogP contribution in [0.4, 0.5) is 5.69 Å². The molecular weight excluding hydrogens is 314 g/mol. The topological polar surface area (TPSA) is 103 Å². The van der Waals surface area contributed by atoms with Gasteiger partial charge in [0.15, 0.2) is 0 Å². The number of ether oxygens (including phenoxy) is 1. The molecule has 0 aliphatic carbocycles. The van der Waals surface area contributed by atoms with Crippen LogP contribution in [0.15, 0.2) is 30.9 Å². The number of carbonyl (C=O) groups excluding carboxylic acids is 1. The van der Waals surface area contributed by atoms with Crippen molar-refractivity contribution in [3.05, 3.63) is 46.5 Å². The first-order valence-corrected chi connectivity index (χ1v) is 7.53. The third-order valence-corrected chi connectivity index (χ3v) is 3.95. The number of hydrogen-bond donors (Lipinski definition) is 0. The number of rotatable bonds is 3. The zero-order valence-corrected chi connectivity index (χ0v) is 13.3. The molecule has 0 saturated carbocycles. The summed E-state index contributed by atoms with van der Waals surface area (Å²) in [6.07, 6.45) is 2.60. The largest absolute Gasteiger partial charge is 0.375 e. The molecule has 24 heavy (non-hydrogen) atoms. The lowest BCUT2D eigenvalue weighted by Gasteiger charge is -2.36. The van der Waals surface area contributed by atoms with E-state index in [4.69, 9.17) is 4.74 Å². The van der Waals surface area contributed by atoms with Crippen molar-refractivity contribution in [2.24, 2.45) is 0 Å². The maximum Gasteiger partial charge on any atom is 0.295 e. The molecule has 3 rings (SSSR count). The van der Waals surface area contributed by atoms with Crippen LogP contribution in [0.25, 0.3) is 5.69 Å². The summed E-state index contributed by atoms with van der Waals surface area (Å²) in [5.41, 5.74) is 0.337. The molecule has 9 nitrogen and oxygen atoms in total. The highest BCUT2D eigenvalue weighted by Crippen LogP contribution is 2.25. The normalized spacial score (nSPS) is 20.8. The van der Waals surface area contributed by atoms with Crippen LogP contribution < -0.4 is 0 Å². The molecule has 1 aromatic heterocycles.